The molecule has 1 atom stereocenters. The predicted octanol–water partition coefficient (Wildman–Crippen LogP) is -0.831. The average molecular weight is 390 g/mol. The van der Waals surface area contributed by atoms with Crippen molar-refractivity contribution in [3.05, 3.63) is 47.1 Å². The molecule has 0 aromatic heterocycles. The van der Waals surface area contributed by atoms with Crippen LogP contribution in [0.15, 0.2) is 41.0 Å². The fourth-order valence-corrected chi connectivity index (χ4v) is 3.26. The molecule has 127 valence electrons. The summed E-state index contributed by atoms with van der Waals surface area (Å²) in [5.41, 5.74) is 3.99. The van der Waals surface area contributed by atoms with Crippen LogP contribution in [0.1, 0.15) is 53.9 Å². The first kappa shape index (κ1) is 25.5. The third-order valence-electron chi connectivity index (χ3n) is 4.09. The van der Waals surface area contributed by atoms with Gasteiger partial charge in [-0.1, -0.05) is 38.5 Å². The quantitative estimate of drug-likeness (QED) is 0.450. The van der Waals surface area contributed by atoms with Crippen molar-refractivity contribution < 1.29 is 51.3 Å². The largest absolute Gasteiger partial charge is 3.00 e. The predicted molar refractivity (Wildman–Crippen MR) is 85.4 cm³/mol. The average Bonchev–Trinajstić information content (AvgIpc) is 2.84. The Morgan fingerprint density at radius 1 is 1.26 bits per heavy atom. The monoisotopic (exact) mass is 389 g/mol. The molecule has 1 radical (unpaired) electrons. The minimum Gasteiger partial charge on any atom is -1.00 e. The molecule has 0 saturated heterocycles. The molecule has 2 aliphatic rings. The van der Waals surface area contributed by atoms with E-state index in [0.717, 1.165) is 25.9 Å². The summed E-state index contributed by atoms with van der Waals surface area (Å²) in [6, 6.07) is 0. The summed E-state index contributed by atoms with van der Waals surface area (Å²) >= 11 is 0. The minimum atomic E-state index is -0.191. The molecule has 0 fully saturated rings. The molecule has 2 aliphatic carbocycles. The molecule has 0 amide bonds. The molecule has 0 aliphatic heterocycles. The van der Waals surface area contributed by atoms with Gasteiger partial charge in [0, 0.05) is 6.61 Å². The van der Waals surface area contributed by atoms with Crippen LogP contribution in [0.4, 0.5) is 0 Å². The maximum absolute atomic E-state index is 6.31. The maximum Gasteiger partial charge on any atom is 3.00 e. The van der Waals surface area contributed by atoms with Crippen LogP contribution >= 0.6 is 0 Å². The van der Waals surface area contributed by atoms with E-state index in [2.05, 4.69) is 65.0 Å². The van der Waals surface area contributed by atoms with Crippen LogP contribution in [0.3, 0.4) is 0 Å². The standard InChI is InChI=1S/C19H27O.2ClH.Ti/c1-6-20-19(14-16-9-7-8-10-16)12-11-15(2)13-17(19)18(3,4)5;;;/h7,9,11,13H,6,8,12,14H2,1-5H3;2*1H;/q-1;;;+3/p-2. The molecule has 0 bridgehead atoms. The zero-order chi connectivity index (χ0) is 14.8. The van der Waals surface area contributed by atoms with Gasteiger partial charge < -0.3 is 29.6 Å². The Kier molecular flexibility index (Phi) is 11.4. The van der Waals surface area contributed by atoms with E-state index in [1.807, 2.05) is 0 Å². The molecule has 0 saturated carbocycles. The summed E-state index contributed by atoms with van der Waals surface area (Å²) < 4.78 is 6.31. The Morgan fingerprint density at radius 3 is 2.39 bits per heavy atom. The second-order valence-electron chi connectivity index (χ2n) is 6.87. The SMILES string of the molecule is CCOC1(CC2=[C-]CC=C2)CC=C(C)C=C1C(C)(C)C.[Cl-].[Cl-].[Ti+3]. The van der Waals surface area contributed by atoms with Crippen LogP contribution < -0.4 is 24.8 Å². The number of hydrogen-bond acceptors (Lipinski definition) is 1. The summed E-state index contributed by atoms with van der Waals surface area (Å²) in [5, 5.41) is 0. The van der Waals surface area contributed by atoms with Gasteiger partial charge in [-0.25, -0.2) is 11.6 Å². The van der Waals surface area contributed by atoms with Crippen molar-refractivity contribution in [2.45, 2.75) is 59.5 Å². The summed E-state index contributed by atoms with van der Waals surface area (Å²) in [4.78, 5) is 0. The summed E-state index contributed by atoms with van der Waals surface area (Å²) in [5.74, 6) is 0. The molecule has 1 nitrogen and oxygen atoms in total. The van der Waals surface area contributed by atoms with Crippen molar-refractivity contribution in [2.24, 2.45) is 5.41 Å². The first-order valence-corrected chi connectivity index (χ1v) is 7.67. The van der Waals surface area contributed by atoms with Crippen LogP contribution in [0, 0.1) is 11.5 Å². The second kappa shape index (κ2) is 10.3. The van der Waals surface area contributed by atoms with Crippen molar-refractivity contribution in [3.8, 4) is 0 Å². The molecule has 1 unspecified atom stereocenters. The Bertz CT molecular complexity index is 498. The molecule has 0 aromatic rings. The topological polar surface area (TPSA) is 9.23 Å². The molecular formula is C19H27Cl2OTi. The fourth-order valence-electron chi connectivity index (χ4n) is 3.26. The van der Waals surface area contributed by atoms with Gasteiger partial charge in [0.25, 0.3) is 0 Å². The first-order valence-electron chi connectivity index (χ1n) is 7.67. The second-order valence-corrected chi connectivity index (χ2v) is 6.87. The Hall–Kier alpha value is 0.214. The first-order chi connectivity index (χ1) is 9.37. The van der Waals surface area contributed by atoms with Crippen LogP contribution in [-0.4, -0.2) is 12.2 Å². The van der Waals surface area contributed by atoms with E-state index in [1.165, 1.54) is 16.7 Å². The smallest absolute Gasteiger partial charge is 1.00 e. The minimum absolute atomic E-state index is 0. The van der Waals surface area contributed by atoms with Gasteiger partial charge in [0.1, 0.15) is 0 Å². The number of hydrogen-bond donors (Lipinski definition) is 0. The molecule has 0 aromatic carbocycles. The van der Waals surface area contributed by atoms with Gasteiger partial charge in [-0.05, 0) is 37.7 Å². The van der Waals surface area contributed by atoms with E-state index in [0.29, 0.717) is 0 Å². The van der Waals surface area contributed by atoms with Crippen molar-refractivity contribution in [1.29, 1.82) is 0 Å². The zero-order valence-electron chi connectivity index (χ0n) is 14.8. The molecular weight excluding hydrogens is 363 g/mol. The van der Waals surface area contributed by atoms with Gasteiger partial charge in [0.15, 0.2) is 0 Å². The number of ether oxygens (including phenoxy) is 1. The van der Waals surface area contributed by atoms with Crippen LogP contribution in [0.25, 0.3) is 0 Å². The van der Waals surface area contributed by atoms with E-state index < -0.39 is 0 Å². The van der Waals surface area contributed by atoms with Gasteiger partial charge in [0.05, 0.1) is 5.60 Å². The Balaban J connectivity index is 0. The van der Waals surface area contributed by atoms with Gasteiger partial charge >= 0.3 is 21.7 Å². The number of rotatable bonds is 4. The molecule has 4 heteroatoms. The molecule has 23 heavy (non-hydrogen) atoms. The number of allylic oxidation sites excluding steroid dienone is 5. The zero-order valence-corrected chi connectivity index (χ0v) is 17.9. The van der Waals surface area contributed by atoms with Crippen molar-refractivity contribution in [3.63, 3.8) is 0 Å². The van der Waals surface area contributed by atoms with E-state index in [4.69, 9.17) is 4.74 Å². The van der Waals surface area contributed by atoms with Crippen molar-refractivity contribution in [2.75, 3.05) is 6.61 Å². The third kappa shape index (κ3) is 6.22. The van der Waals surface area contributed by atoms with Crippen LogP contribution in [0.2, 0.25) is 0 Å². The van der Waals surface area contributed by atoms with Gasteiger partial charge in [-0.2, -0.15) is 6.08 Å². The van der Waals surface area contributed by atoms with E-state index in [-0.39, 0.29) is 57.5 Å². The Morgan fingerprint density at radius 2 is 1.91 bits per heavy atom. The summed E-state index contributed by atoms with van der Waals surface area (Å²) in [7, 11) is 0. The molecule has 0 N–H and O–H groups in total. The molecule has 0 spiro atoms. The molecule has 2 rings (SSSR count). The van der Waals surface area contributed by atoms with Crippen molar-refractivity contribution in [1.82, 2.24) is 0 Å². The van der Waals surface area contributed by atoms with Crippen LogP contribution in [0.5, 0.6) is 0 Å². The summed E-state index contributed by atoms with van der Waals surface area (Å²) in [6.45, 7) is 11.9. The summed E-state index contributed by atoms with van der Waals surface area (Å²) in [6.07, 6.45) is 15.3. The fraction of sp³-hybridized carbons (Fsp3) is 0.579. The van der Waals surface area contributed by atoms with Crippen LogP contribution in [-0.2, 0) is 26.5 Å². The Labute approximate surface area is 169 Å². The third-order valence-corrected chi connectivity index (χ3v) is 4.09. The van der Waals surface area contributed by atoms with Gasteiger partial charge in [-0.15, -0.1) is 6.42 Å². The van der Waals surface area contributed by atoms with Crippen molar-refractivity contribution >= 4 is 0 Å². The van der Waals surface area contributed by atoms with E-state index in [9.17, 15) is 0 Å². The van der Waals surface area contributed by atoms with E-state index in [1.54, 1.807) is 0 Å². The molecule has 0 heterocycles. The van der Waals surface area contributed by atoms with Gasteiger partial charge in [0.2, 0.25) is 0 Å². The van der Waals surface area contributed by atoms with E-state index >= 15 is 0 Å². The maximum atomic E-state index is 6.31. The van der Waals surface area contributed by atoms with Gasteiger partial charge in [-0.3, -0.25) is 6.08 Å². The normalized spacial score (nSPS) is 22.9. The number of halogens is 2.